The number of benzene rings is 2. The minimum Gasteiger partial charge on any atom is -0.486 e. The van der Waals surface area contributed by atoms with Crippen molar-refractivity contribution in [3.63, 3.8) is 0 Å². The molecule has 0 spiro atoms. The fraction of sp³-hybridized carbons (Fsp3) is 0.263. The van der Waals surface area contributed by atoms with E-state index in [1.54, 1.807) is 18.2 Å². The summed E-state index contributed by atoms with van der Waals surface area (Å²) in [6.45, 7) is 8.58. The molecule has 3 rings (SSSR count). The van der Waals surface area contributed by atoms with Crippen LogP contribution >= 0.6 is 0 Å². The van der Waals surface area contributed by atoms with Crippen LogP contribution in [0.5, 0.6) is 11.5 Å². The van der Waals surface area contributed by atoms with Crippen LogP contribution in [0.15, 0.2) is 53.9 Å². The first-order valence-electron chi connectivity index (χ1n) is 8.04. The Kier molecular flexibility index (Phi) is 4.72. The molecule has 2 aromatic carbocycles. The van der Waals surface area contributed by atoms with Gasteiger partial charge in [-0.1, -0.05) is 18.2 Å². The summed E-state index contributed by atoms with van der Waals surface area (Å²) in [6, 6.07) is 10.4. The van der Waals surface area contributed by atoms with Crippen molar-refractivity contribution in [1.82, 2.24) is 0 Å². The smallest absolute Gasteiger partial charge is 0.264 e. The van der Waals surface area contributed by atoms with Gasteiger partial charge in [-0.25, -0.2) is 8.42 Å². The molecule has 1 heterocycles. The second-order valence-electron chi connectivity index (χ2n) is 5.92. The number of ether oxygens (including phenoxy) is 2. The van der Waals surface area contributed by atoms with Crippen molar-refractivity contribution in [1.29, 1.82) is 0 Å². The maximum atomic E-state index is 13.3. The Bertz CT molecular complexity index is 906. The molecule has 0 N–H and O–H groups in total. The molecule has 6 heteroatoms. The van der Waals surface area contributed by atoms with Gasteiger partial charge < -0.3 is 9.47 Å². The van der Waals surface area contributed by atoms with Crippen molar-refractivity contribution < 1.29 is 17.9 Å². The monoisotopic (exact) mass is 359 g/mol. The zero-order valence-corrected chi connectivity index (χ0v) is 15.2. The Morgan fingerprint density at radius 3 is 2.52 bits per heavy atom. The second-order valence-corrected chi connectivity index (χ2v) is 7.78. The Labute approximate surface area is 148 Å². The van der Waals surface area contributed by atoms with Gasteiger partial charge in [-0.2, -0.15) is 0 Å². The van der Waals surface area contributed by atoms with Gasteiger partial charge in [0.15, 0.2) is 11.5 Å². The Morgan fingerprint density at radius 2 is 1.80 bits per heavy atom. The third-order valence-corrected chi connectivity index (χ3v) is 5.81. The summed E-state index contributed by atoms with van der Waals surface area (Å²) in [5, 5.41) is 0. The second kappa shape index (κ2) is 6.80. The molecule has 132 valence electrons. The molecule has 0 aromatic heterocycles. The Morgan fingerprint density at radius 1 is 1.08 bits per heavy atom. The first kappa shape index (κ1) is 17.4. The predicted octanol–water partition coefficient (Wildman–Crippen LogP) is 3.46. The van der Waals surface area contributed by atoms with E-state index in [0.29, 0.717) is 30.4 Å². The number of nitrogens with zero attached hydrogens (tertiary/aromatic N) is 1. The largest absolute Gasteiger partial charge is 0.486 e. The molecule has 0 unspecified atom stereocenters. The van der Waals surface area contributed by atoms with E-state index < -0.39 is 10.0 Å². The van der Waals surface area contributed by atoms with Crippen LogP contribution in [0.4, 0.5) is 5.69 Å². The third-order valence-electron chi connectivity index (χ3n) is 4.03. The summed E-state index contributed by atoms with van der Waals surface area (Å²) < 4.78 is 38.9. The summed E-state index contributed by atoms with van der Waals surface area (Å²) in [5.74, 6) is 1.01. The molecule has 0 atom stereocenters. The average molecular weight is 359 g/mol. The van der Waals surface area contributed by atoms with Gasteiger partial charge in [0.2, 0.25) is 0 Å². The van der Waals surface area contributed by atoms with Crippen molar-refractivity contribution in [2.75, 3.05) is 24.1 Å². The molecule has 0 saturated carbocycles. The minimum absolute atomic E-state index is 0.166. The lowest BCUT2D eigenvalue weighted by Gasteiger charge is -2.26. The number of aryl methyl sites for hydroxylation is 2. The lowest BCUT2D eigenvalue weighted by atomic mass is 10.1. The number of anilines is 1. The van der Waals surface area contributed by atoms with Crippen LogP contribution in [0.3, 0.4) is 0 Å². The summed E-state index contributed by atoms with van der Waals surface area (Å²) in [7, 11) is -3.76. The number of hydrogen-bond donors (Lipinski definition) is 0. The quantitative estimate of drug-likeness (QED) is 0.767. The van der Waals surface area contributed by atoms with Crippen LogP contribution in [0, 0.1) is 13.8 Å². The molecule has 25 heavy (non-hydrogen) atoms. The standard InChI is InChI=1S/C19H21NO4S/c1-4-9-20(17-12-14(2)5-6-15(17)3)25(21,22)16-7-8-18-19(13-16)24-11-10-23-18/h4-8,12-13H,1,9-11H2,2-3H3. The average Bonchev–Trinajstić information content (AvgIpc) is 2.61. The Balaban J connectivity index is 2.09. The van der Waals surface area contributed by atoms with Crippen molar-refractivity contribution in [3.05, 3.63) is 60.2 Å². The van der Waals surface area contributed by atoms with Gasteiger partial charge in [0.1, 0.15) is 13.2 Å². The van der Waals surface area contributed by atoms with E-state index in [2.05, 4.69) is 6.58 Å². The van der Waals surface area contributed by atoms with E-state index in [9.17, 15) is 8.42 Å². The van der Waals surface area contributed by atoms with E-state index in [1.165, 1.54) is 10.4 Å². The van der Waals surface area contributed by atoms with Crippen molar-refractivity contribution >= 4 is 15.7 Å². The zero-order valence-electron chi connectivity index (χ0n) is 14.4. The van der Waals surface area contributed by atoms with Gasteiger partial charge in [0.05, 0.1) is 17.1 Å². The first-order chi connectivity index (χ1) is 11.9. The van der Waals surface area contributed by atoms with Gasteiger partial charge in [-0.3, -0.25) is 4.31 Å². The van der Waals surface area contributed by atoms with Crippen LogP contribution in [-0.4, -0.2) is 28.2 Å². The van der Waals surface area contributed by atoms with Crippen LogP contribution in [0.25, 0.3) is 0 Å². The van der Waals surface area contributed by atoms with Crippen molar-refractivity contribution in [2.45, 2.75) is 18.7 Å². The molecule has 0 amide bonds. The van der Waals surface area contributed by atoms with Gasteiger partial charge in [-0.15, -0.1) is 6.58 Å². The summed E-state index contributed by atoms with van der Waals surface area (Å²) in [5.41, 5.74) is 2.52. The van der Waals surface area contributed by atoms with Crippen LogP contribution < -0.4 is 13.8 Å². The molecular weight excluding hydrogens is 338 g/mol. The summed E-state index contributed by atoms with van der Waals surface area (Å²) >= 11 is 0. The molecule has 2 aromatic rings. The molecule has 0 radical (unpaired) electrons. The molecule has 0 saturated heterocycles. The number of fused-ring (bicyclic) bond motifs is 1. The number of hydrogen-bond acceptors (Lipinski definition) is 4. The lowest BCUT2D eigenvalue weighted by molar-refractivity contribution is 0.171. The minimum atomic E-state index is -3.76. The predicted molar refractivity (Wildman–Crippen MR) is 98.1 cm³/mol. The van der Waals surface area contributed by atoms with Gasteiger partial charge >= 0.3 is 0 Å². The van der Waals surface area contributed by atoms with Crippen LogP contribution in [0.2, 0.25) is 0 Å². The lowest BCUT2D eigenvalue weighted by Crippen LogP contribution is -2.32. The van der Waals surface area contributed by atoms with Crippen LogP contribution in [-0.2, 0) is 10.0 Å². The summed E-state index contributed by atoms with van der Waals surface area (Å²) in [6.07, 6.45) is 1.58. The highest BCUT2D eigenvalue weighted by molar-refractivity contribution is 7.92. The highest BCUT2D eigenvalue weighted by atomic mass is 32.2. The highest BCUT2D eigenvalue weighted by Crippen LogP contribution is 2.35. The zero-order chi connectivity index (χ0) is 18.0. The SMILES string of the molecule is C=CCN(c1cc(C)ccc1C)S(=O)(=O)c1ccc2c(c1)OCCO2. The van der Waals surface area contributed by atoms with Crippen LogP contribution in [0.1, 0.15) is 11.1 Å². The summed E-state index contributed by atoms with van der Waals surface area (Å²) in [4.78, 5) is 0.166. The molecule has 5 nitrogen and oxygen atoms in total. The maximum absolute atomic E-state index is 13.3. The topological polar surface area (TPSA) is 55.8 Å². The molecule has 1 aliphatic rings. The Hall–Kier alpha value is -2.47. The van der Waals surface area contributed by atoms with Gasteiger partial charge in [0, 0.05) is 6.07 Å². The highest BCUT2D eigenvalue weighted by Gasteiger charge is 2.27. The normalized spacial score (nSPS) is 13.4. The van der Waals surface area contributed by atoms with E-state index in [-0.39, 0.29) is 11.4 Å². The maximum Gasteiger partial charge on any atom is 0.264 e. The fourth-order valence-corrected chi connectivity index (χ4v) is 4.25. The van der Waals surface area contributed by atoms with E-state index >= 15 is 0 Å². The molecular formula is C19H21NO4S. The number of sulfonamides is 1. The van der Waals surface area contributed by atoms with Crippen molar-refractivity contribution in [3.8, 4) is 11.5 Å². The van der Waals surface area contributed by atoms with Gasteiger partial charge in [0.25, 0.3) is 10.0 Å². The van der Waals surface area contributed by atoms with Gasteiger partial charge in [-0.05, 0) is 43.2 Å². The number of rotatable bonds is 5. The third kappa shape index (κ3) is 3.35. The molecule has 0 bridgehead atoms. The van der Waals surface area contributed by atoms with E-state index in [0.717, 1.165) is 11.1 Å². The molecule has 1 aliphatic heterocycles. The fourth-order valence-electron chi connectivity index (χ4n) is 2.74. The van der Waals surface area contributed by atoms with Crippen molar-refractivity contribution in [2.24, 2.45) is 0 Å². The van der Waals surface area contributed by atoms with E-state index in [4.69, 9.17) is 9.47 Å². The first-order valence-corrected chi connectivity index (χ1v) is 9.48. The molecule has 0 fully saturated rings. The molecule has 0 aliphatic carbocycles. The van der Waals surface area contributed by atoms with E-state index in [1.807, 2.05) is 32.0 Å².